The number of hydrogen-bond donors (Lipinski definition) is 1. The topological polar surface area (TPSA) is 137 Å². The molecule has 10 bridgehead atoms. The summed E-state index contributed by atoms with van der Waals surface area (Å²) in [6.07, 6.45) is 23.2. The van der Waals surface area contributed by atoms with Gasteiger partial charge in [0.15, 0.2) is 0 Å². The lowest BCUT2D eigenvalue weighted by molar-refractivity contribution is -0.123. The second-order valence-electron chi connectivity index (χ2n) is 20.8. The van der Waals surface area contributed by atoms with Crippen molar-refractivity contribution in [2.24, 2.45) is 22.2 Å². The maximum absolute atomic E-state index is 11.0. The first-order valence-corrected chi connectivity index (χ1v) is 22.4. The van der Waals surface area contributed by atoms with Crippen LogP contribution in [0.3, 0.4) is 0 Å². The molecule has 0 saturated carbocycles. The Balaban J connectivity index is 0.000000119. The van der Waals surface area contributed by atoms with E-state index in [0.717, 1.165) is 76.3 Å². The molecular formula is C46H73N9O. The molecule has 10 heterocycles. The van der Waals surface area contributed by atoms with Crippen LogP contribution in [0.15, 0.2) is 0 Å². The van der Waals surface area contributed by atoms with Gasteiger partial charge in [-0.15, -0.1) is 0 Å². The average molecular weight is 768 g/mol. The van der Waals surface area contributed by atoms with Gasteiger partial charge in [0, 0.05) is 79.2 Å². The van der Waals surface area contributed by atoms with Crippen LogP contribution in [-0.2, 0) is 4.79 Å². The van der Waals surface area contributed by atoms with Crippen molar-refractivity contribution in [2.75, 3.05) is 28.2 Å². The van der Waals surface area contributed by atoms with E-state index >= 15 is 0 Å². The van der Waals surface area contributed by atoms with E-state index in [4.69, 9.17) is 21.0 Å². The highest BCUT2D eigenvalue weighted by Crippen LogP contribution is 2.45. The first-order valence-electron chi connectivity index (χ1n) is 22.4. The summed E-state index contributed by atoms with van der Waals surface area (Å²) in [7, 11) is 8.77. The predicted octanol–water partition coefficient (Wildman–Crippen LogP) is 7.17. The van der Waals surface area contributed by atoms with E-state index in [1.54, 1.807) is 0 Å². The van der Waals surface area contributed by atoms with Crippen molar-refractivity contribution < 1.29 is 4.79 Å². The Bertz CT molecular complexity index is 1430. The van der Waals surface area contributed by atoms with Gasteiger partial charge in [-0.2, -0.15) is 21.0 Å². The van der Waals surface area contributed by atoms with Crippen LogP contribution in [0.5, 0.6) is 0 Å². The number of nitrogens with one attached hydrogen (secondary N) is 1. The number of carbonyl (C=O) groups excluding carboxylic acids is 1. The molecule has 0 aromatic rings. The van der Waals surface area contributed by atoms with Crippen LogP contribution in [0.1, 0.15) is 149 Å². The van der Waals surface area contributed by atoms with Gasteiger partial charge in [-0.25, -0.2) is 0 Å². The Morgan fingerprint density at radius 2 is 0.786 bits per heavy atom. The first-order chi connectivity index (χ1) is 26.6. The minimum absolute atomic E-state index is 0.0294. The summed E-state index contributed by atoms with van der Waals surface area (Å²) in [6.45, 7) is 6.33. The summed E-state index contributed by atoms with van der Waals surface area (Å²) in [5.41, 5.74) is -0.0895. The van der Waals surface area contributed by atoms with Crippen LogP contribution < -0.4 is 5.32 Å². The zero-order valence-electron chi connectivity index (χ0n) is 36.0. The summed E-state index contributed by atoms with van der Waals surface area (Å²) >= 11 is 0. The highest BCUT2D eigenvalue weighted by atomic mass is 16.1. The standard InChI is InChI=1S/2C10H16N2.2C9H14N2.C8H13NO/c2*1-10(7-11)5-8-3-4-9(6-10)12(8)2;1-11-8-2-3-9(11)5-7(4-8)6-10;1-9(6-10)4-7-2-3-8(5-9)11-7;1-9-6-2-3-7(9)5-8(10)4-6/h2*8-9H,3-6H2,1-2H3;7-9H,2-5H2,1H3;7-8,11H,2-5H2,1H3;6-7H,2-5H2,1H3. The fraction of sp³-hybridized carbons (Fsp3) is 0.891. The molecule has 0 aromatic heterocycles. The normalized spacial score (nSPS) is 45.8. The fourth-order valence-electron chi connectivity index (χ4n) is 12.8. The minimum atomic E-state index is -0.0307. The second kappa shape index (κ2) is 17.7. The molecule has 56 heavy (non-hydrogen) atoms. The van der Waals surface area contributed by atoms with Gasteiger partial charge < -0.3 is 20.0 Å². The van der Waals surface area contributed by atoms with Crippen LogP contribution in [0.4, 0.5) is 0 Å². The van der Waals surface area contributed by atoms with Gasteiger partial charge >= 0.3 is 0 Å². The maximum Gasteiger partial charge on any atom is 0.136 e. The van der Waals surface area contributed by atoms with Crippen molar-refractivity contribution in [3.63, 3.8) is 0 Å². The monoisotopic (exact) mass is 768 g/mol. The number of piperidine rings is 5. The molecule has 1 N–H and O–H groups in total. The van der Waals surface area contributed by atoms with Gasteiger partial charge in [-0.3, -0.25) is 9.69 Å². The van der Waals surface area contributed by atoms with Crippen molar-refractivity contribution >= 4 is 5.78 Å². The molecule has 10 unspecified atom stereocenters. The molecule has 10 fully saturated rings. The van der Waals surface area contributed by atoms with E-state index in [9.17, 15) is 4.79 Å². The molecule has 10 heteroatoms. The number of nitrogens with zero attached hydrogens (tertiary/aromatic N) is 8. The lowest BCUT2D eigenvalue weighted by Gasteiger charge is -2.39. The third-order valence-corrected chi connectivity index (χ3v) is 16.4. The molecule has 10 aliphatic heterocycles. The van der Waals surface area contributed by atoms with Crippen LogP contribution in [0, 0.1) is 67.5 Å². The molecule has 0 spiro atoms. The molecule has 10 rings (SSSR count). The molecule has 0 amide bonds. The third kappa shape index (κ3) is 9.82. The minimum Gasteiger partial charge on any atom is -0.311 e. The van der Waals surface area contributed by atoms with Crippen molar-refractivity contribution in [1.82, 2.24) is 24.9 Å². The zero-order chi connectivity index (χ0) is 40.4. The summed E-state index contributed by atoms with van der Waals surface area (Å²) in [5, 5.41) is 39.3. The summed E-state index contributed by atoms with van der Waals surface area (Å²) in [6, 6.07) is 16.4. The largest absolute Gasteiger partial charge is 0.311 e. The van der Waals surface area contributed by atoms with Gasteiger partial charge in [0.25, 0.3) is 0 Å². The molecule has 0 aromatic carbocycles. The number of nitriles is 4. The quantitative estimate of drug-likeness (QED) is 0.270. The number of Topliss-reactive ketones (excluding diaryl/α,β-unsaturated/α-hetero) is 1. The van der Waals surface area contributed by atoms with E-state index in [2.05, 4.69) is 98.2 Å². The Morgan fingerprint density at radius 1 is 0.482 bits per heavy atom. The Morgan fingerprint density at radius 3 is 1.14 bits per heavy atom. The number of carbonyl (C=O) groups is 1. The summed E-state index contributed by atoms with van der Waals surface area (Å²) in [4.78, 5) is 20.8. The highest BCUT2D eigenvalue weighted by molar-refractivity contribution is 5.80. The number of rotatable bonds is 0. The molecule has 0 aliphatic carbocycles. The lowest BCUT2D eigenvalue weighted by atomic mass is 9.78. The Hall–Kier alpha value is -2.57. The van der Waals surface area contributed by atoms with E-state index in [1.807, 2.05) is 0 Å². The van der Waals surface area contributed by atoms with Gasteiger partial charge in [-0.1, -0.05) is 0 Å². The van der Waals surface area contributed by atoms with E-state index in [0.29, 0.717) is 60.0 Å². The predicted molar refractivity (Wildman–Crippen MR) is 220 cm³/mol. The molecule has 0 radical (unpaired) electrons. The maximum atomic E-state index is 11.0. The third-order valence-electron chi connectivity index (χ3n) is 16.4. The molecule has 10 atom stereocenters. The number of hydrogen-bond acceptors (Lipinski definition) is 10. The lowest BCUT2D eigenvalue weighted by Crippen LogP contribution is -2.43. The highest BCUT2D eigenvalue weighted by Gasteiger charge is 2.46. The number of fused-ring (bicyclic) bond motifs is 10. The van der Waals surface area contributed by atoms with Gasteiger partial charge in [0.1, 0.15) is 5.78 Å². The van der Waals surface area contributed by atoms with Crippen LogP contribution >= 0.6 is 0 Å². The SMILES string of the molecule is CC1(C#N)CC2CCC(C1)N2.CN1C2CCC1CC(=O)C2.CN1C2CCC1CC(C#N)C2.CN1C2CCC1CC(C)(C#N)C2.CN1C2CCC1CC(C)(C#N)C2. The number of ketones is 1. The molecule has 308 valence electrons. The van der Waals surface area contributed by atoms with Gasteiger partial charge in [-0.05, 0) is 165 Å². The van der Waals surface area contributed by atoms with Crippen molar-refractivity contribution in [2.45, 2.75) is 210 Å². The van der Waals surface area contributed by atoms with E-state index < -0.39 is 0 Å². The smallest absolute Gasteiger partial charge is 0.136 e. The Kier molecular flexibility index (Phi) is 13.6. The second-order valence-corrected chi connectivity index (χ2v) is 20.8. The first kappa shape index (κ1) is 43.0. The Labute approximate surface area is 339 Å². The van der Waals surface area contributed by atoms with E-state index in [-0.39, 0.29) is 16.2 Å². The van der Waals surface area contributed by atoms with Crippen LogP contribution in [0.25, 0.3) is 0 Å². The molecule has 10 nitrogen and oxygen atoms in total. The molecular weight excluding hydrogens is 695 g/mol. The van der Waals surface area contributed by atoms with Gasteiger partial charge in [0.05, 0.1) is 40.5 Å². The zero-order valence-corrected chi connectivity index (χ0v) is 36.0. The van der Waals surface area contributed by atoms with Gasteiger partial charge in [0.2, 0.25) is 0 Å². The average Bonchev–Trinajstić information content (AvgIpc) is 3.81. The molecule has 10 saturated heterocycles. The molecule has 10 aliphatic rings. The van der Waals surface area contributed by atoms with Crippen LogP contribution in [0.2, 0.25) is 0 Å². The fourth-order valence-corrected chi connectivity index (χ4v) is 12.8. The van der Waals surface area contributed by atoms with Crippen molar-refractivity contribution in [3.8, 4) is 24.3 Å². The van der Waals surface area contributed by atoms with Crippen molar-refractivity contribution in [3.05, 3.63) is 0 Å². The van der Waals surface area contributed by atoms with Crippen molar-refractivity contribution in [1.29, 1.82) is 21.0 Å². The summed E-state index contributed by atoms with van der Waals surface area (Å²) < 4.78 is 0. The summed E-state index contributed by atoms with van der Waals surface area (Å²) in [5.74, 6) is 0.828. The van der Waals surface area contributed by atoms with E-state index in [1.165, 1.54) is 64.2 Å². The van der Waals surface area contributed by atoms with Crippen LogP contribution in [-0.4, -0.2) is 114 Å².